The van der Waals surface area contributed by atoms with Crippen molar-refractivity contribution in [2.75, 3.05) is 26.2 Å². The van der Waals surface area contributed by atoms with Gasteiger partial charge in [-0.2, -0.15) is 0 Å². The minimum atomic E-state index is -1.78. The highest BCUT2D eigenvalue weighted by molar-refractivity contribution is 6.00. The number of guanidine groups is 3. The molecule has 0 saturated heterocycles. The molecular weight excluding hydrogens is 1260 g/mol. The summed E-state index contributed by atoms with van der Waals surface area (Å²) in [6.45, 7) is 3.59. The third kappa shape index (κ3) is 25.7. The number of aliphatic carboxylic acids is 1. The van der Waals surface area contributed by atoms with Crippen LogP contribution in [0.4, 0.5) is 0 Å². The van der Waals surface area contributed by atoms with Crippen molar-refractivity contribution in [3.8, 4) is 0 Å². The van der Waals surface area contributed by atoms with Crippen molar-refractivity contribution in [2.45, 2.75) is 158 Å². The molecule has 0 radical (unpaired) electrons. The van der Waals surface area contributed by atoms with Gasteiger partial charge in [0.15, 0.2) is 17.9 Å². The Morgan fingerprint density at radius 2 is 0.827 bits per heavy atom. The SMILES string of the molecule is CC[C@H](C)[C@H](NC(=O)[C@H](CC(N)=O)NC(=O)[C@H](CCCN=C(N)N)NC(=O)[C@H](Cc1c[nH]c2ccccc12)NC(=O)[C@@H](N)Cc1ccccc1)C(=O)N[C@@H](CCCN=C(N)N)C(=O)N[C@@H](CCCCN)C(=O)N[C@@H](Cc1c[nH]c2ccccc12)C(=O)N[C@@H](CCCN=C(N)N)C(=O)O. The Kier molecular flexibility index (Phi) is 31.7. The van der Waals surface area contributed by atoms with Gasteiger partial charge in [0.25, 0.3) is 0 Å². The molecule has 0 saturated carbocycles. The number of aromatic amines is 2. The lowest BCUT2D eigenvalue weighted by Gasteiger charge is -2.30. The fraction of sp³-hybridized carbons (Fsp3) is 0.462. The van der Waals surface area contributed by atoms with Crippen LogP contribution in [0.2, 0.25) is 0 Å². The molecule has 33 heteroatoms. The van der Waals surface area contributed by atoms with Crippen LogP contribution >= 0.6 is 0 Å². The Labute approximate surface area is 567 Å². The summed E-state index contributed by atoms with van der Waals surface area (Å²) in [6.07, 6.45) is 3.31. The number of hydrogen-bond acceptors (Lipinski definition) is 15. The van der Waals surface area contributed by atoms with Gasteiger partial charge in [0.1, 0.15) is 48.3 Å². The topological polar surface area (TPSA) is 590 Å². The second-order valence-electron chi connectivity index (χ2n) is 23.9. The van der Waals surface area contributed by atoms with E-state index in [1.165, 1.54) is 0 Å². The van der Waals surface area contributed by atoms with Gasteiger partial charge in [-0.1, -0.05) is 87.0 Å². The summed E-state index contributed by atoms with van der Waals surface area (Å²) >= 11 is 0. The van der Waals surface area contributed by atoms with Crippen LogP contribution in [-0.2, 0) is 67.2 Å². The third-order valence-electron chi connectivity index (χ3n) is 16.2. The van der Waals surface area contributed by atoms with E-state index in [0.29, 0.717) is 22.9 Å². The number of nitrogens with two attached hydrogens (primary N) is 9. The zero-order valence-electron chi connectivity index (χ0n) is 55.2. The molecule has 33 nitrogen and oxygen atoms in total. The van der Waals surface area contributed by atoms with Gasteiger partial charge >= 0.3 is 5.97 Å². The van der Waals surface area contributed by atoms with Gasteiger partial charge in [0.05, 0.1) is 12.5 Å². The molecule has 3 aromatic carbocycles. The van der Waals surface area contributed by atoms with Crippen LogP contribution < -0.4 is 94.1 Å². The highest BCUT2D eigenvalue weighted by atomic mass is 16.4. The second-order valence-corrected chi connectivity index (χ2v) is 23.9. The van der Waals surface area contributed by atoms with Crippen molar-refractivity contribution in [3.63, 3.8) is 0 Å². The van der Waals surface area contributed by atoms with Crippen LogP contribution in [0.25, 0.3) is 21.8 Å². The average Bonchev–Trinajstić information content (AvgIpc) is 1.71. The van der Waals surface area contributed by atoms with E-state index in [1.807, 2.05) is 30.3 Å². The van der Waals surface area contributed by atoms with Gasteiger partial charge < -0.3 is 109 Å². The number of amides is 9. The van der Waals surface area contributed by atoms with Crippen molar-refractivity contribution >= 4 is 98.8 Å². The fourth-order valence-electron chi connectivity index (χ4n) is 10.8. The van der Waals surface area contributed by atoms with Crippen LogP contribution in [0, 0.1) is 5.92 Å². The number of carbonyl (C=O) groups is 10. The van der Waals surface area contributed by atoms with Crippen molar-refractivity contribution in [2.24, 2.45) is 72.5 Å². The molecule has 0 spiro atoms. The molecule has 0 aliphatic rings. The number of benzene rings is 3. The summed E-state index contributed by atoms with van der Waals surface area (Å²) in [5.41, 5.74) is 54.7. The molecule has 29 N–H and O–H groups in total. The molecule has 532 valence electrons. The Morgan fingerprint density at radius 1 is 0.449 bits per heavy atom. The maximum Gasteiger partial charge on any atom is 0.326 e. The van der Waals surface area contributed by atoms with E-state index in [2.05, 4.69) is 67.5 Å². The molecular formula is C65H96N22O11. The van der Waals surface area contributed by atoms with E-state index in [0.717, 1.165) is 22.0 Å². The molecule has 0 fully saturated rings. The van der Waals surface area contributed by atoms with Crippen molar-refractivity contribution in [1.29, 1.82) is 0 Å². The largest absolute Gasteiger partial charge is 0.480 e. The summed E-state index contributed by atoms with van der Waals surface area (Å²) in [4.78, 5) is 159. The van der Waals surface area contributed by atoms with E-state index in [4.69, 9.17) is 51.6 Å². The zero-order chi connectivity index (χ0) is 71.8. The molecule has 5 aromatic rings. The number of primary amides is 1. The highest BCUT2D eigenvalue weighted by Crippen LogP contribution is 2.22. The number of rotatable bonds is 43. The lowest BCUT2D eigenvalue weighted by Crippen LogP contribution is -2.61. The summed E-state index contributed by atoms with van der Waals surface area (Å²) in [5.74, 6) is -10.9. The van der Waals surface area contributed by atoms with E-state index in [-0.39, 0.29) is 121 Å². The highest BCUT2D eigenvalue weighted by Gasteiger charge is 2.37. The first-order chi connectivity index (χ1) is 46.8. The predicted octanol–water partition coefficient (Wildman–Crippen LogP) is -2.82. The van der Waals surface area contributed by atoms with Crippen molar-refractivity contribution in [1.82, 2.24) is 52.5 Å². The standard InChI is InChI=1S/C65H96N22O11/c1-3-36(2)53(87-60(95)51(33-52(68)88)86-57(92)46(23-13-27-75-63(69)70)81-58(93)49(31-38-34-78-43-20-9-7-18-40(38)43)84-54(89)42(67)30-37-16-5-4-6-17-37)61(96)82-47(24-14-28-76-64(71)72)55(90)80-45(22-11-12-26-66)56(91)85-50(32-39-35-79-44-21-10-8-19-41(39)44)59(94)83-48(62(97)98)25-15-29-77-65(73)74/h4-10,16-21,34-36,42,45-51,53,78-79H,3,11-15,22-33,66-67H2,1-2H3,(H2,68,88)(H,80,90)(H,81,93)(H,82,96)(H,83,94)(H,84,89)(H,85,91)(H,86,92)(H,87,95)(H,97,98)(H4,69,70,75)(H4,71,72,76)(H4,73,74,77)/t36-,42-,45-,46-,47-,48-,49-,50-,51-,53-/m0/s1. The average molecular weight is 1360 g/mol. The lowest BCUT2D eigenvalue weighted by molar-refractivity contribution is -0.142. The van der Waals surface area contributed by atoms with Crippen LogP contribution in [-0.4, -0.2) is 173 Å². The van der Waals surface area contributed by atoms with Gasteiger partial charge in [-0.25, -0.2) is 4.79 Å². The number of aliphatic imine (C=N–C) groups is 3. The molecule has 98 heavy (non-hydrogen) atoms. The second kappa shape index (κ2) is 39.9. The molecule has 2 heterocycles. The summed E-state index contributed by atoms with van der Waals surface area (Å²) in [5, 5.41) is 32.9. The summed E-state index contributed by atoms with van der Waals surface area (Å²) in [7, 11) is 0. The fourth-order valence-corrected chi connectivity index (χ4v) is 10.8. The number of carboxylic acids is 1. The van der Waals surface area contributed by atoms with Gasteiger partial charge in [-0.05, 0) is 105 Å². The maximum absolute atomic E-state index is 14.8. The minimum absolute atomic E-state index is 0.00844. The normalized spacial score (nSPS) is 14.2. The maximum atomic E-state index is 14.8. The number of nitrogens with one attached hydrogen (secondary N) is 10. The molecule has 0 aliphatic carbocycles. The van der Waals surface area contributed by atoms with E-state index < -0.39 is 126 Å². The number of hydrogen-bond donors (Lipinski definition) is 20. The third-order valence-corrected chi connectivity index (χ3v) is 16.2. The summed E-state index contributed by atoms with van der Waals surface area (Å²) in [6, 6.07) is 10.6. The first-order valence-corrected chi connectivity index (χ1v) is 32.5. The van der Waals surface area contributed by atoms with Crippen molar-refractivity contribution in [3.05, 3.63) is 108 Å². The zero-order valence-corrected chi connectivity index (χ0v) is 55.2. The molecule has 9 amide bonds. The van der Waals surface area contributed by atoms with Crippen LogP contribution in [0.1, 0.15) is 101 Å². The number of para-hydroxylation sites is 2. The first-order valence-electron chi connectivity index (χ1n) is 32.5. The molecule has 0 aliphatic heterocycles. The lowest BCUT2D eigenvalue weighted by atomic mass is 9.96. The number of fused-ring (bicyclic) bond motifs is 2. The number of carboxylic acid groups (broad SMARTS) is 1. The number of aromatic nitrogens is 2. The Bertz CT molecular complexity index is 3580. The number of H-pyrrole nitrogens is 2. The molecule has 2 aromatic heterocycles. The van der Waals surface area contributed by atoms with Gasteiger partial charge in [0, 0.05) is 66.7 Å². The Morgan fingerprint density at radius 3 is 1.27 bits per heavy atom. The smallest absolute Gasteiger partial charge is 0.326 e. The molecule has 5 rings (SSSR count). The minimum Gasteiger partial charge on any atom is -0.480 e. The van der Waals surface area contributed by atoms with Crippen molar-refractivity contribution < 1.29 is 53.1 Å². The van der Waals surface area contributed by atoms with Gasteiger partial charge in [0.2, 0.25) is 53.2 Å². The van der Waals surface area contributed by atoms with Gasteiger partial charge in [-0.15, -0.1) is 0 Å². The number of unbranched alkanes of at least 4 members (excludes halogenated alkanes) is 1. The molecule has 10 atom stereocenters. The molecule has 0 bridgehead atoms. The quantitative estimate of drug-likeness (QED) is 0.0106. The molecule has 0 unspecified atom stereocenters. The van der Waals surface area contributed by atoms with E-state index in [1.54, 1.807) is 74.8 Å². The van der Waals surface area contributed by atoms with E-state index in [9.17, 15) is 53.1 Å². The monoisotopic (exact) mass is 1360 g/mol. The van der Waals surface area contributed by atoms with Crippen LogP contribution in [0.15, 0.2) is 106 Å². The van der Waals surface area contributed by atoms with Crippen LogP contribution in [0.3, 0.4) is 0 Å². The Hall–Kier alpha value is -10.8. The number of carbonyl (C=O) groups excluding carboxylic acids is 9. The predicted molar refractivity (Wildman–Crippen MR) is 371 cm³/mol. The number of nitrogens with zero attached hydrogens (tertiary/aromatic N) is 3. The van der Waals surface area contributed by atoms with Crippen LogP contribution in [0.5, 0.6) is 0 Å². The van der Waals surface area contributed by atoms with E-state index >= 15 is 0 Å². The van der Waals surface area contributed by atoms with Gasteiger partial charge in [-0.3, -0.25) is 58.1 Å². The Balaban J connectivity index is 1.41. The first kappa shape index (κ1) is 77.9. The summed E-state index contributed by atoms with van der Waals surface area (Å²) < 4.78 is 0.